The molecule has 0 N–H and O–H groups in total. The standard InChI is InChI=1S/C15H20N2/c1-2-8-15-14(6-1)7-5-11-17(15)13-12-16-9-3-4-10-16/h1-2,5-8H,3-4,9-13H2. The third-order valence-electron chi connectivity index (χ3n) is 3.79. The minimum Gasteiger partial charge on any atom is -0.366 e. The number of rotatable bonds is 3. The van der Waals surface area contributed by atoms with Gasteiger partial charge in [-0.3, -0.25) is 0 Å². The lowest BCUT2D eigenvalue weighted by Gasteiger charge is -2.29. The number of hydrogen-bond donors (Lipinski definition) is 0. The number of anilines is 1. The number of nitrogens with zero attached hydrogens (tertiary/aromatic N) is 2. The van der Waals surface area contributed by atoms with Crippen LogP contribution in [0.2, 0.25) is 0 Å². The molecule has 0 radical (unpaired) electrons. The number of likely N-dealkylation sites (tertiary alicyclic amines) is 1. The quantitative estimate of drug-likeness (QED) is 0.784. The first-order valence-electron chi connectivity index (χ1n) is 6.66. The highest BCUT2D eigenvalue weighted by Crippen LogP contribution is 2.25. The number of para-hydroxylation sites is 1. The van der Waals surface area contributed by atoms with Gasteiger partial charge < -0.3 is 9.80 Å². The Hall–Kier alpha value is -1.28. The van der Waals surface area contributed by atoms with Crippen molar-refractivity contribution in [2.75, 3.05) is 37.6 Å². The zero-order chi connectivity index (χ0) is 11.5. The van der Waals surface area contributed by atoms with Crippen LogP contribution in [0.25, 0.3) is 6.08 Å². The van der Waals surface area contributed by atoms with E-state index >= 15 is 0 Å². The SMILES string of the molecule is C1=Cc2ccccc2N(CCN2CCCC2)C1. The summed E-state index contributed by atoms with van der Waals surface area (Å²) in [6.45, 7) is 6.02. The second-order valence-electron chi connectivity index (χ2n) is 4.96. The predicted molar refractivity (Wildman–Crippen MR) is 73.4 cm³/mol. The van der Waals surface area contributed by atoms with Crippen molar-refractivity contribution in [3.05, 3.63) is 35.9 Å². The van der Waals surface area contributed by atoms with Gasteiger partial charge in [0.15, 0.2) is 0 Å². The fraction of sp³-hybridized carbons (Fsp3) is 0.467. The molecule has 1 fully saturated rings. The van der Waals surface area contributed by atoms with Crippen molar-refractivity contribution in [3.63, 3.8) is 0 Å². The van der Waals surface area contributed by atoms with Crippen LogP contribution < -0.4 is 4.90 Å². The second kappa shape index (κ2) is 4.92. The molecular formula is C15H20N2. The third kappa shape index (κ3) is 2.37. The zero-order valence-electron chi connectivity index (χ0n) is 10.3. The molecule has 1 saturated heterocycles. The van der Waals surface area contributed by atoms with Crippen LogP contribution in [0.5, 0.6) is 0 Å². The van der Waals surface area contributed by atoms with E-state index in [1.807, 2.05) is 0 Å². The van der Waals surface area contributed by atoms with Gasteiger partial charge in [-0.25, -0.2) is 0 Å². The van der Waals surface area contributed by atoms with Crippen molar-refractivity contribution in [2.24, 2.45) is 0 Å². The van der Waals surface area contributed by atoms with E-state index in [4.69, 9.17) is 0 Å². The lowest BCUT2D eigenvalue weighted by Crippen LogP contribution is -2.35. The minimum absolute atomic E-state index is 1.06. The number of benzene rings is 1. The number of hydrogen-bond acceptors (Lipinski definition) is 2. The highest BCUT2D eigenvalue weighted by molar-refractivity contribution is 5.71. The maximum Gasteiger partial charge on any atom is 0.0442 e. The van der Waals surface area contributed by atoms with Gasteiger partial charge in [-0.05, 0) is 37.6 Å². The molecule has 2 aliphatic heterocycles. The van der Waals surface area contributed by atoms with Crippen molar-refractivity contribution in [1.29, 1.82) is 0 Å². The predicted octanol–water partition coefficient (Wildman–Crippen LogP) is 2.62. The summed E-state index contributed by atoms with van der Waals surface area (Å²) in [6, 6.07) is 8.70. The van der Waals surface area contributed by atoms with Crippen LogP contribution in [0.15, 0.2) is 30.3 Å². The molecule has 17 heavy (non-hydrogen) atoms. The summed E-state index contributed by atoms with van der Waals surface area (Å²) in [5.74, 6) is 0. The van der Waals surface area contributed by atoms with Crippen LogP contribution in [0, 0.1) is 0 Å². The molecule has 2 aliphatic rings. The van der Waals surface area contributed by atoms with Crippen molar-refractivity contribution >= 4 is 11.8 Å². The lowest BCUT2D eigenvalue weighted by atomic mass is 10.1. The maximum absolute atomic E-state index is 2.58. The summed E-state index contributed by atoms with van der Waals surface area (Å²) >= 11 is 0. The Morgan fingerprint density at radius 1 is 1.00 bits per heavy atom. The molecule has 0 unspecified atom stereocenters. The van der Waals surface area contributed by atoms with Gasteiger partial charge in [0.05, 0.1) is 0 Å². The van der Waals surface area contributed by atoms with Crippen molar-refractivity contribution in [3.8, 4) is 0 Å². The maximum atomic E-state index is 2.58. The van der Waals surface area contributed by atoms with E-state index in [0.717, 1.165) is 13.1 Å². The summed E-state index contributed by atoms with van der Waals surface area (Å²) in [6.07, 6.45) is 7.28. The minimum atomic E-state index is 1.06. The van der Waals surface area contributed by atoms with E-state index in [2.05, 4.69) is 46.2 Å². The molecule has 2 heteroatoms. The van der Waals surface area contributed by atoms with Crippen LogP contribution in [-0.4, -0.2) is 37.6 Å². The van der Waals surface area contributed by atoms with E-state index in [1.165, 1.54) is 43.7 Å². The van der Waals surface area contributed by atoms with Gasteiger partial charge in [-0.2, -0.15) is 0 Å². The average Bonchev–Trinajstić information content (AvgIpc) is 2.89. The second-order valence-corrected chi connectivity index (χ2v) is 4.96. The van der Waals surface area contributed by atoms with E-state index in [0.29, 0.717) is 0 Å². The van der Waals surface area contributed by atoms with Gasteiger partial charge in [-0.15, -0.1) is 0 Å². The Morgan fingerprint density at radius 3 is 2.71 bits per heavy atom. The fourth-order valence-corrected chi connectivity index (χ4v) is 2.80. The van der Waals surface area contributed by atoms with Crippen LogP contribution in [0.1, 0.15) is 18.4 Å². The first-order valence-corrected chi connectivity index (χ1v) is 6.66. The topological polar surface area (TPSA) is 6.48 Å². The highest BCUT2D eigenvalue weighted by atomic mass is 15.2. The molecule has 0 bridgehead atoms. The first kappa shape index (κ1) is 10.8. The molecule has 0 spiro atoms. The molecule has 0 aromatic heterocycles. The molecule has 3 rings (SSSR count). The summed E-state index contributed by atoms with van der Waals surface area (Å²) in [5.41, 5.74) is 2.76. The molecule has 2 heterocycles. The Labute approximate surface area is 104 Å². The zero-order valence-corrected chi connectivity index (χ0v) is 10.3. The highest BCUT2D eigenvalue weighted by Gasteiger charge is 2.15. The molecule has 0 atom stereocenters. The molecule has 90 valence electrons. The summed E-state index contributed by atoms with van der Waals surface area (Å²) in [5, 5.41) is 0. The molecule has 2 nitrogen and oxygen atoms in total. The van der Waals surface area contributed by atoms with Gasteiger partial charge in [0, 0.05) is 25.3 Å². The third-order valence-corrected chi connectivity index (χ3v) is 3.79. The van der Waals surface area contributed by atoms with E-state index in [-0.39, 0.29) is 0 Å². The normalized spacial score (nSPS) is 19.6. The van der Waals surface area contributed by atoms with Crippen molar-refractivity contribution in [2.45, 2.75) is 12.8 Å². The molecular weight excluding hydrogens is 208 g/mol. The molecule has 0 amide bonds. The Morgan fingerprint density at radius 2 is 1.82 bits per heavy atom. The van der Waals surface area contributed by atoms with Gasteiger partial charge in [0.25, 0.3) is 0 Å². The van der Waals surface area contributed by atoms with Gasteiger partial charge >= 0.3 is 0 Å². The lowest BCUT2D eigenvalue weighted by molar-refractivity contribution is 0.345. The van der Waals surface area contributed by atoms with E-state index in [9.17, 15) is 0 Å². The largest absolute Gasteiger partial charge is 0.366 e. The molecule has 1 aromatic carbocycles. The smallest absolute Gasteiger partial charge is 0.0442 e. The van der Waals surface area contributed by atoms with Crippen LogP contribution in [0.3, 0.4) is 0 Å². The Bertz CT molecular complexity index is 405. The molecule has 1 aromatic rings. The number of fused-ring (bicyclic) bond motifs is 1. The monoisotopic (exact) mass is 228 g/mol. The van der Waals surface area contributed by atoms with Crippen LogP contribution >= 0.6 is 0 Å². The summed E-state index contributed by atoms with van der Waals surface area (Å²) < 4.78 is 0. The van der Waals surface area contributed by atoms with Crippen molar-refractivity contribution < 1.29 is 0 Å². The van der Waals surface area contributed by atoms with Gasteiger partial charge in [0.2, 0.25) is 0 Å². The van der Waals surface area contributed by atoms with Crippen molar-refractivity contribution in [1.82, 2.24) is 4.90 Å². The van der Waals surface area contributed by atoms with Gasteiger partial charge in [-0.1, -0.05) is 30.4 Å². The summed E-state index contributed by atoms with van der Waals surface area (Å²) in [7, 11) is 0. The first-order chi connectivity index (χ1) is 8.43. The Balaban J connectivity index is 1.66. The van der Waals surface area contributed by atoms with Crippen LogP contribution in [-0.2, 0) is 0 Å². The average molecular weight is 228 g/mol. The summed E-state index contributed by atoms with van der Waals surface area (Å²) in [4.78, 5) is 5.08. The molecule has 0 saturated carbocycles. The van der Waals surface area contributed by atoms with Crippen LogP contribution in [0.4, 0.5) is 5.69 Å². The van der Waals surface area contributed by atoms with E-state index < -0.39 is 0 Å². The Kier molecular flexibility index (Phi) is 3.14. The van der Waals surface area contributed by atoms with E-state index in [1.54, 1.807) is 0 Å². The fourth-order valence-electron chi connectivity index (χ4n) is 2.80. The van der Waals surface area contributed by atoms with Gasteiger partial charge in [0.1, 0.15) is 0 Å². The molecule has 0 aliphatic carbocycles.